The molecule has 1 aromatic rings. The van der Waals surface area contributed by atoms with Crippen LogP contribution in [-0.2, 0) is 4.74 Å². The second-order valence-electron chi connectivity index (χ2n) is 6.52. The van der Waals surface area contributed by atoms with E-state index in [1.54, 1.807) is 0 Å². The number of aromatic nitrogens is 2. The Morgan fingerprint density at radius 2 is 2.38 bits per heavy atom. The Morgan fingerprint density at radius 1 is 1.52 bits per heavy atom. The van der Waals surface area contributed by atoms with Gasteiger partial charge in [-0.25, -0.2) is 0 Å². The first-order valence-electron chi connectivity index (χ1n) is 7.74. The van der Waals surface area contributed by atoms with E-state index < -0.39 is 0 Å². The van der Waals surface area contributed by atoms with Gasteiger partial charge in [0.1, 0.15) is 5.69 Å². The Labute approximate surface area is 125 Å². The Hall–Kier alpha value is -1.40. The molecule has 21 heavy (non-hydrogen) atoms. The van der Waals surface area contributed by atoms with Crippen molar-refractivity contribution < 1.29 is 9.53 Å². The number of carbonyl (C=O) groups is 1. The minimum absolute atomic E-state index is 0.00823. The van der Waals surface area contributed by atoms with Gasteiger partial charge >= 0.3 is 0 Å². The molecule has 1 amide bonds. The van der Waals surface area contributed by atoms with E-state index >= 15 is 0 Å². The summed E-state index contributed by atoms with van der Waals surface area (Å²) in [5, 5.41) is 7.87. The minimum Gasteiger partial charge on any atom is -0.372 e. The fourth-order valence-corrected chi connectivity index (χ4v) is 3.07. The second kappa shape index (κ2) is 5.77. The molecule has 116 valence electrons. The highest BCUT2D eigenvalue weighted by Crippen LogP contribution is 2.19. The van der Waals surface area contributed by atoms with Gasteiger partial charge in [-0.1, -0.05) is 0 Å². The van der Waals surface area contributed by atoms with E-state index in [4.69, 9.17) is 4.74 Å². The molecule has 2 aliphatic heterocycles. The summed E-state index contributed by atoms with van der Waals surface area (Å²) in [6.07, 6.45) is 4.20. The summed E-state index contributed by atoms with van der Waals surface area (Å²) in [7, 11) is 0. The largest absolute Gasteiger partial charge is 0.372 e. The highest BCUT2D eigenvalue weighted by molar-refractivity contribution is 5.92. The number of hydrogen-bond acceptors (Lipinski definition) is 4. The molecule has 0 saturated carbocycles. The predicted molar refractivity (Wildman–Crippen MR) is 79.3 cm³/mol. The maximum absolute atomic E-state index is 12.6. The molecule has 3 rings (SSSR count). The third-order valence-corrected chi connectivity index (χ3v) is 4.19. The Morgan fingerprint density at radius 3 is 3.10 bits per heavy atom. The number of carbonyl (C=O) groups excluding carboxylic acids is 1. The van der Waals surface area contributed by atoms with Crippen molar-refractivity contribution in [2.75, 3.05) is 32.8 Å². The third-order valence-electron chi connectivity index (χ3n) is 4.19. The third kappa shape index (κ3) is 3.27. The zero-order chi connectivity index (χ0) is 14.9. The zero-order valence-electron chi connectivity index (χ0n) is 12.8. The maximum Gasteiger partial charge on any atom is 0.274 e. The average molecular weight is 292 g/mol. The smallest absolute Gasteiger partial charge is 0.274 e. The van der Waals surface area contributed by atoms with Crippen molar-refractivity contribution in [3.8, 4) is 0 Å². The van der Waals surface area contributed by atoms with E-state index in [1.165, 1.54) is 0 Å². The lowest BCUT2D eigenvalue weighted by molar-refractivity contribution is -0.0765. The molecule has 1 unspecified atom stereocenters. The van der Waals surface area contributed by atoms with Gasteiger partial charge in [0.2, 0.25) is 0 Å². The van der Waals surface area contributed by atoms with Gasteiger partial charge in [-0.2, -0.15) is 5.10 Å². The van der Waals surface area contributed by atoms with Gasteiger partial charge in [-0.05, 0) is 39.3 Å². The standard InChI is InChI=1S/C15H24N4O2/c1-15(2)11-18(8-9-21-15)14(20)13-5-7-19(17-13)12-4-3-6-16-10-12/h5,7,12,16H,3-4,6,8-11H2,1-2H3. The van der Waals surface area contributed by atoms with Gasteiger partial charge in [-0.3, -0.25) is 9.48 Å². The fourth-order valence-electron chi connectivity index (χ4n) is 3.07. The number of nitrogens with one attached hydrogen (secondary N) is 1. The number of nitrogens with zero attached hydrogens (tertiary/aromatic N) is 3. The van der Waals surface area contributed by atoms with Crippen LogP contribution in [0.15, 0.2) is 12.3 Å². The Bertz CT molecular complexity index is 506. The molecule has 6 heteroatoms. The van der Waals surface area contributed by atoms with Gasteiger partial charge in [0, 0.05) is 25.8 Å². The van der Waals surface area contributed by atoms with E-state index in [2.05, 4.69) is 10.4 Å². The van der Waals surface area contributed by atoms with Crippen molar-refractivity contribution in [3.05, 3.63) is 18.0 Å². The van der Waals surface area contributed by atoms with Crippen LogP contribution < -0.4 is 5.32 Å². The highest BCUT2D eigenvalue weighted by Gasteiger charge is 2.31. The molecule has 0 radical (unpaired) electrons. The first kappa shape index (κ1) is 14.5. The van der Waals surface area contributed by atoms with Gasteiger partial charge < -0.3 is 15.0 Å². The van der Waals surface area contributed by atoms with Crippen LogP contribution in [0, 0.1) is 0 Å². The number of morpholine rings is 1. The fraction of sp³-hybridized carbons (Fsp3) is 0.733. The molecule has 3 heterocycles. The molecule has 2 fully saturated rings. The summed E-state index contributed by atoms with van der Waals surface area (Å²) < 4.78 is 7.59. The van der Waals surface area contributed by atoms with Gasteiger partial charge in [-0.15, -0.1) is 0 Å². The SMILES string of the molecule is CC1(C)CN(C(=O)c2ccn(C3CCCNC3)n2)CCO1. The van der Waals surface area contributed by atoms with Crippen LogP contribution in [-0.4, -0.2) is 59.0 Å². The number of rotatable bonds is 2. The van der Waals surface area contributed by atoms with Crippen molar-refractivity contribution in [1.82, 2.24) is 20.0 Å². The molecule has 6 nitrogen and oxygen atoms in total. The van der Waals surface area contributed by atoms with Gasteiger partial charge in [0.05, 0.1) is 18.2 Å². The molecular weight excluding hydrogens is 268 g/mol. The normalized spacial score (nSPS) is 25.8. The van der Waals surface area contributed by atoms with Crippen LogP contribution in [0.4, 0.5) is 0 Å². The molecule has 2 saturated heterocycles. The van der Waals surface area contributed by atoms with Crippen molar-refractivity contribution in [1.29, 1.82) is 0 Å². The van der Waals surface area contributed by atoms with Crippen LogP contribution in [0.2, 0.25) is 0 Å². The number of piperidine rings is 1. The lowest BCUT2D eigenvalue weighted by atomic mass is 10.1. The van der Waals surface area contributed by atoms with Crippen LogP contribution in [0.5, 0.6) is 0 Å². The summed E-state index contributed by atoms with van der Waals surface area (Å²) in [6.45, 7) is 7.87. The number of hydrogen-bond donors (Lipinski definition) is 1. The van der Waals surface area contributed by atoms with Crippen LogP contribution in [0.3, 0.4) is 0 Å². The van der Waals surface area contributed by atoms with Crippen LogP contribution in [0.1, 0.15) is 43.2 Å². The Balaban J connectivity index is 1.69. The van der Waals surface area contributed by atoms with Crippen molar-refractivity contribution in [2.24, 2.45) is 0 Å². The molecule has 0 spiro atoms. The average Bonchev–Trinajstić information content (AvgIpc) is 2.96. The molecule has 1 atom stereocenters. The second-order valence-corrected chi connectivity index (χ2v) is 6.52. The lowest BCUT2D eigenvalue weighted by Crippen LogP contribution is -2.50. The monoisotopic (exact) mass is 292 g/mol. The molecule has 2 aliphatic rings. The van der Waals surface area contributed by atoms with E-state index in [9.17, 15) is 4.79 Å². The van der Waals surface area contributed by atoms with E-state index in [0.29, 0.717) is 31.4 Å². The topological polar surface area (TPSA) is 59.4 Å². The van der Waals surface area contributed by atoms with Crippen molar-refractivity contribution in [2.45, 2.75) is 38.3 Å². The van der Waals surface area contributed by atoms with Crippen molar-refractivity contribution in [3.63, 3.8) is 0 Å². The zero-order valence-corrected chi connectivity index (χ0v) is 12.8. The summed E-state index contributed by atoms with van der Waals surface area (Å²) in [5.41, 5.74) is 0.266. The first-order valence-corrected chi connectivity index (χ1v) is 7.74. The lowest BCUT2D eigenvalue weighted by Gasteiger charge is -2.37. The van der Waals surface area contributed by atoms with E-state index in [-0.39, 0.29) is 11.5 Å². The molecule has 1 aromatic heterocycles. The molecule has 0 aromatic carbocycles. The van der Waals surface area contributed by atoms with Crippen LogP contribution >= 0.6 is 0 Å². The molecule has 0 bridgehead atoms. The number of ether oxygens (including phenoxy) is 1. The maximum atomic E-state index is 12.6. The minimum atomic E-state index is -0.274. The van der Waals surface area contributed by atoms with Gasteiger partial charge in [0.15, 0.2) is 0 Å². The van der Waals surface area contributed by atoms with Gasteiger partial charge in [0.25, 0.3) is 5.91 Å². The summed E-state index contributed by atoms with van der Waals surface area (Å²) in [5.74, 6) is 0.00823. The Kier molecular flexibility index (Phi) is 3.99. The molecular formula is C15H24N4O2. The van der Waals surface area contributed by atoms with E-state index in [0.717, 1.165) is 25.9 Å². The summed E-state index contributed by atoms with van der Waals surface area (Å²) in [4.78, 5) is 14.4. The quantitative estimate of drug-likeness (QED) is 0.885. The van der Waals surface area contributed by atoms with E-state index in [1.807, 2.05) is 35.7 Å². The molecule has 1 N–H and O–H groups in total. The van der Waals surface area contributed by atoms with Crippen molar-refractivity contribution >= 4 is 5.91 Å². The summed E-state index contributed by atoms with van der Waals surface area (Å²) >= 11 is 0. The predicted octanol–water partition coefficient (Wildman–Crippen LogP) is 1.06. The number of amides is 1. The summed E-state index contributed by atoms with van der Waals surface area (Å²) in [6, 6.07) is 2.20. The molecule has 0 aliphatic carbocycles. The first-order chi connectivity index (χ1) is 10.1. The highest BCUT2D eigenvalue weighted by atomic mass is 16.5. The van der Waals surface area contributed by atoms with Crippen LogP contribution in [0.25, 0.3) is 0 Å².